The van der Waals surface area contributed by atoms with E-state index in [2.05, 4.69) is 23.5 Å². The first kappa shape index (κ1) is 14.4. The maximum atomic E-state index is 5.41. The lowest BCUT2D eigenvalue weighted by Gasteiger charge is -2.12. The van der Waals surface area contributed by atoms with Gasteiger partial charge in [0, 0.05) is 37.0 Å². The zero-order valence-electron chi connectivity index (χ0n) is 12.2. The molecule has 1 heterocycles. The van der Waals surface area contributed by atoms with Gasteiger partial charge in [0.2, 0.25) is 0 Å². The molecule has 0 unspecified atom stereocenters. The largest absolute Gasteiger partial charge is 0.493 e. The van der Waals surface area contributed by atoms with E-state index in [4.69, 9.17) is 9.47 Å². The van der Waals surface area contributed by atoms with Crippen LogP contribution < -0.4 is 14.8 Å². The van der Waals surface area contributed by atoms with Gasteiger partial charge in [-0.25, -0.2) is 0 Å². The Kier molecular flexibility index (Phi) is 5.01. The predicted octanol–water partition coefficient (Wildman–Crippen LogP) is 2.21. The molecular formula is C15H21N3O2. The van der Waals surface area contributed by atoms with Crippen molar-refractivity contribution in [3.63, 3.8) is 0 Å². The molecule has 0 atom stereocenters. The molecule has 2 aromatic rings. The number of ether oxygens (including phenoxy) is 2. The molecular weight excluding hydrogens is 254 g/mol. The second-order valence-corrected chi connectivity index (χ2v) is 4.46. The molecule has 0 fully saturated rings. The molecule has 0 saturated heterocycles. The Bertz CT molecular complexity index is 552. The molecule has 1 aromatic carbocycles. The lowest BCUT2D eigenvalue weighted by atomic mass is 10.2. The molecule has 2 rings (SSSR count). The number of para-hydroxylation sites is 1. The third kappa shape index (κ3) is 3.30. The highest BCUT2D eigenvalue weighted by molar-refractivity contribution is 5.46. The molecule has 1 N–H and O–H groups in total. The van der Waals surface area contributed by atoms with Crippen LogP contribution in [-0.2, 0) is 19.6 Å². The molecule has 0 aliphatic heterocycles. The highest BCUT2D eigenvalue weighted by Gasteiger charge is 2.08. The topological polar surface area (TPSA) is 48.3 Å². The average molecular weight is 275 g/mol. The van der Waals surface area contributed by atoms with E-state index >= 15 is 0 Å². The highest BCUT2D eigenvalue weighted by Crippen LogP contribution is 2.30. The van der Waals surface area contributed by atoms with Crippen molar-refractivity contribution in [3.05, 3.63) is 41.7 Å². The molecule has 0 saturated carbocycles. The third-order valence-electron chi connectivity index (χ3n) is 3.14. The molecule has 0 radical (unpaired) electrons. The van der Waals surface area contributed by atoms with Crippen molar-refractivity contribution in [1.82, 2.24) is 15.1 Å². The Morgan fingerprint density at radius 3 is 2.70 bits per heavy atom. The van der Waals surface area contributed by atoms with Crippen LogP contribution in [0.25, 0.3) is 0 Å². The van der Waals surface area contributed by atoms with Crippen LogP contribution in [0.3, 0.4) is 0 Å². The fraction of sp³-hybridized carbons (Fsp3) is 0.400. The van der Waals surface area contributed by atoms with Crippen LogP contribution in [0.15, 0.2) is 30.6 Å². The number of methoxy groups -OCH3 is 2. The Morgan fingerprint density at radius 1 is 1.20 bits per heavy atom. The van der Waals surface area contributed by atoms with Crippen molar-refractivity contribution in [2.75, 3.05) is 14.2 Å². The highest BCUT2D eigenvalue weighted by atomic mass is 16.5. The molecule has 0 spiro atoms. The standard InChI is InChI=1S/C15H21N3O2/c1-4-18-11-12(9-17-18)8-16-10-13-6-5-7-14(19-2)15(13)20-3/h5-7,9,11,16H,4,8,10H2,1-3H3. The zero-order valence-corrected chi connectivity index (χ0v) is 12.2. The van der Waals surface area contributed by atoms with Gasteiger partial charge in [-0.2, -0.15) is 5.10 Å². The molecule has 0 bridgehead atoms. The summed E-state index contributed by atoms with van der Waals surface area (Å²) in [4.78, 5) is 0. The Labute approximate surface area is 119 Å². The van der Waals surface area contributed by atoms with Gasteiger partial charge in [0.05, 0.1) is 20.4 Å². The molecule has 1 aromatic heterocycles. The van der Waals surface area contributed by atoms with E-state index in [9.17, 15) is 0 Å². The second kappa shape index (κ2) is 6.96. The zero-order chi connectivity index (χ0) is 14.4. The molecule has 0 aliphatic carbocycles. The first-order valence-electron chi connectivity index (χ1n) is 6.70. The van der Waals surface area contributed by atoms with Gasteiger partial charge in [-0.05, 0) is 13.0 Å². The van der Waals surface area contributed by atoms with Gasteiger partial charge in [-0.15, -0.1) is 0 Å². The van der Waals surface area contributed by atoms with Gasteiger partial charge in [0.1, 0.15) is 0 Å². The first-order valence-corrected chi connectivity index (χ1v) is 6.70. The maximum Gasteiger partial charge on any atom is 0.165 e. The average Bonchev–Trinajstić information content (AvgIpc) is 2.94. The van der Waals surface area contributed by atoms with Crippen molar-refractivity contribution >= 4 is 0 Å². The minimum absolute atomic E-state index is 0.720. The minimum Gasteiger partial charge on any atom is -0.493 e. The number of nitrogens with zero attached hydrogens (tertiary/aromatic N) is 2. The summed E-state index contributed by atoms with van der Waals surface area (Å²) in [6.07, 6.45) is 3.94. The Balaban J connectivity index is 1.97. The predicted molar refractivity (Wildman–Crippen MR) is 78.0 cm³/mol. The van der Waals surface area contributed by atoms with E-state index < -0.39 is 0 Å². The van der Waals surface area contributed by atoms with Gasteiger partial charge >= 0.3 is 0 Å². The van der Waals surface area contributed by atoms with Gasteiger partial charge in [-0.1, -0.05) is 12.1 Å². The molecule has 0 aliphatic rings. The van der Waals surface area contributed by atoms with E-state index in [-0.39, 0.29) is 0 Å². The summed E-state index contributed by atoms with van der Waals surface area (Å²) < 4.78 is 12.6. The van der Waals surface area contributed by atoms with Crippen LogP contribution in [0.2, 0.25) is 0 Å². The van der Waals surface area contributed by atoms with Crippen molar-refractivity contribution in [3.8, 4) is 11.5 Å². The van der Waals surface area contributed by atoms with Crippen molar-refractivity contribution in [2.24, 2.45) is 0 Å². The Morgan fingerprint density at radius 2 is 2.05 bits per heavy atom. The quantitative estimate of drug-likeness (QED) is 0.841. The molecule has 108 valence electrons. The van der Waals surface area contributed by atoms with Gasteiger partial charge in [0.15, 0.2) is 11.5 Å². The third-order valence-corrected chi connectivity index (χ3v) is 3.14. The van der Waals surface area contributed by atoms with Crippen LogP contribution in [-0.4, -0.2) is 24.0 Å². The molecule has 20 heavy (non-hydrogen) atoms. The number of benzene rings is 1. The van der Waals surface area contributed by atoms with Crippen molar-refractivity contribution in [2.45, 2.75) is 26.6 Å². The van der Waals surface area contributed by atoms with Crippen LogP contribution >= 0.6 is 0 Å². The molecule has 5 heteroatoms. The summed E-state index contributed by atoms with van der Waals surface area (Å²) in [6.45, 7) is 4.47. The SMILES string of the molecule is CCn1cc(CNCc2cccc(OC)c2OC)cn1. The van der Waals surface area contributed by atoms with E-state index in [0.717, 1.165) is 36.7 Å². The first-order chi connectivity index (χ1) is 9.78. The number of aryl methyl sites for hydroxylation is 1. The van der Waals surface area contributed by atoms with Crippen LogP contribution in [0.4, 0.5) is 0 Å². The molecule has 5 nitrogen and oxygen atoms in total. The number of hydrogen-bond acceptors (Lipinski definition) is 4. The van der Waals surface area contributed by atoms with Crippen molar-refractivity contribution < 1.29 is 9.47 Å². The second-order valence-electron chi connectivity index (χ2n) is 4.46. The van der Waals surface area contributed by atoms with Crippen molar-refractivity contribution in [1.29, 1.82) is 0 Å². The summed E-state index contributed by atoms with van der Waals surface area (Å²) in [7, 11) is 3.31. The lowest BCUT2D eigenvalue weighted by Crippen LogP contribution is -2.13. The fourth-order valence-electron chi connectivity index (χ4n) is 2.11. The lowest BCUT2D eigenvalue weighted by molar-refractivity contribution is 0.350. The number of hydrogen-bond donors (Lipinski definition) is 1. The summed E-state index contributed by atoms with van der Waals surface area (Å²) in [5.74, 6) is 1.54. The van der Waals surface area contributed by atoms with E-state index in [1.807, 2.05) is 29.1 Å². The van der Waals surface area contributed by atoms with Gasteiger partial charge in [-0.3, -0.25) is 4.68 Å². The van der Waals surface area contributed by atoms with E-state index in [0.29, 0.717) is 0 Å². The summed E-state index contributed by atoms with van der Waals surface area (Å²) in [5, 5.41) is 7.65. The summed E-state index contributed by atoms with van der Waals surface area (Å²) in [5.41, 5.74) is 2.25. The normalized spacial score (nSPS) is 10.6. The maximum absolute atomic E-state index is 5.41. The van der Waals surface area contributed by atoms with Crippen LogP contribution in [0, 0.1) is 0 Å². The summed E-state index contributed by atoms with van der Waals surface area (Å²) in [6, 6.07) is 5.89. The number of nitrogens with one attached hydrogen (secondary N) is 1. The van der Waals surface area contributed by atoms with E-state index in [1.165, 1.54) is 5.56 Å². The van der Waals surface area contributed by atoms with Crippen LogP contribution in [0.1, 0.15) is 18.1 Å². The monoisotopic (exact) mass is 275 g/mol. The van der Waals surface area contributed by atoms with E-state index in [1.54, 1.807) is 14.2 Å². The minimum atomic E-state index is 0.720. The Hall–Kier alpha value is -2.01. The van der Waals surface area contributed by atoms with Crippen LogP contribution in [0.5, 0.6) is 11.5 Å². The number of rotatable bonds is 7. The van der Waals surface area contributed by atoms with Gasteiger partial charge < -0.3 is 14.8 Å². The fourth-order valence-corrected chi connectivity index (χ4v) is 2.11. The summed E-state index contributed by atoms with van der Waals surface area (Å²) >= 11 is 0. The molecule has 0 amide bonds. The number of aromatic nitrogens is 2. The smallest absolute Gasteiger partial charge is 0.165 e. The van der Waals surface area contributed by atoms with Gasteiger partial charge in [0.25, 0.3) is 0 Å².